The van der Waals surface area contributed by atoms with Gasteiger partial charge in [0.2, 0.25) is 0 Å². The molecule has 0 saturated carbocycles. The molecule has 1 aliphatic heterocycles. The van der Waals surface area contributed by atoms with E-state index in [1.165, 1.54) is 0 Å². The summed E-state index contributed by atoms with van der Waals surface area (Å²) in [6, 6.07) is 10.4. The van der Waals surface area contributed by atoms with E-state index in [0.717, 1.165) is 10.8 Å². The number of ether oxygens (including phenoxy) is 1. The van der Waals surface area contributed by atoms with Crippen LogP contribution in [0.25, 0.3) is 10.8 Å². The molecule has 0 spiro atoms. The van der Waals surface area contributed by atoms with Gasteiger partial charge in [-0.05, 0) is 35.0 Å². The summed E-state index contributed by atoms with van der Waals surface area (Å²) in [4.78, 5) is 22.9. The first-order valence-corrected chi connectivity index (χ1v) is 4.54. The number of hydrogen-bond donors (Lipinski definition) is 0. The fourth-order valence-corrected chi connectivity index (χ4v) is 1.70. The molecular weight excluding hydrogens is 192 g/mol. The predicted molar refractivity (Wildman–Crippen MR) is 53.7 cm³/mol. The molecule has 0 saturated heterocycles. The second-order valence-corrected chi connectivity index (χ2v) is 3.45. The lowest BCUT2D eigenvalue weighted by Gasteiger charge is -2.09. The largest absolute Gasteiger partial charge is 0.386 e. The summed E-state index contributed by atoms with van der Waals surface area (Å²) in [5.41, 5.74) is 0.820. The Morgan fingerprint density at radius 2 is 1.27 bits per heavy atom. The average molecular weight is 198 g/mol. The van der Waals surface area contributed by atoms with E-state index in [0.29, 0.717) is 11.1 Å². The molecule has 0 amide bonds. The molecule has 0 N–H and O–H groups in total. The van der Waals surface area contributed by atoms with Crippen molar-refractivity contribution in [3.63, 3.8) is 0 Å². The minimum absolute atomic E-state index is 0.410. The summed E-state index contributed by atoms with van der Waals surface area (Å²) in [6.45, 7) is 0. The van der Waals surface area contributed by atoms with Crippen LogP contribution >= 0.6 is 0 Å². The Bertz CT molecular complexity index is 550. The van der Waals surface area contributed by atoms with Crippen LogP contribution in [0.2, 0.25) is 0 Å². The average Bonchev–Trinajstić information content (AvgIpc) is 2.26. The number of esters is 2. The number of benzene rings is 2. The summed E-state index contributed by atoms with van der Waals surface area (Å²) in [5, 5.41) is 1.89. The minimum atomic E-state index is -0.589. The maximum Gasteiger partial charge on any atom is 0.346 e. The minimum Gasteiger partial charge on any atom is -0.386 e. The van der Waals surface area contributed by atoms with Crippen molar-refractivity contribution < 1.29 is 14.3 Å². The Labute approximate surface area is 85.3 Å². The summed E-state index contributed by atoms with van der Waals surface area (Å²) in [5.74, 6) is -1.18. The van der Waals surface area contributed by atoms with E-state index < -0.39 is 11.9 Å². The van der Waals surface area contributed by atoms with Crippen LogP contribution in [0.4, 0.5) is 0 Å². The van der Waals surface area contributed by atoms with Gasteiger partial charge in [-0.1, -0.05) is 12.1 Å². The van der Waals surface area contributed by atoms with Gasteiger partial charge in [-0.3, -0.25) is 0 Å². The monoisotopic (exact) mass is 198 g/mol. The molecule has 0 aromatic heterocycles. The highest BCUT2D eigenvalue weighted by Gasteiger charge is 2.18. The van der Waals surface area contributed by atoms with Crippen molar-refractivity contribution in [1.29, 1.82) is 0 Å². The molecule has 0 atom stereocenters. The summed E-state index contributed by atoms with van der Waals surface area (Å²) < 4.78 is 4.67. The molecule has 2 aromatic carbocycles. The molecule has 3 bridgehead atoms. The maximum absolute atomic E-state index is 11.4. The summed E-state index contributed by atoms with van der Waals surface area (Å²) in [7, 11) is 0. The van der Waals surface area contributed by atoms with Crippen LogP contribution in [0.3, 0.4) is 0 Å². The van der Waals surface area contributed by atoms with Gasteiger partial charge in [-0.15, -0.1) is 0 Å². The normalized spacial score (nSPS) is 14.1. The Morgan fingerprint density at radius 1 is 0.733 bits per heavy atom. The lowest BCUT2D eigenvalue weighted by atomic mass is 10.0. The molecule has 0 aliphatic carbocycles. The van der Waals surface area contributed by atoms with Crippen molar-refractivity contribution in [2.24, 2.45) is 0 Å². The van der Waals surface area contributed by atoms with E-state index in [2.05, 4.69) is 4.74 Å². The lowest BCUT2D eigenvalue weighted by Crippen LogP contribution is -2.14. The molecule has 3 nitrogen and oxygen atoms in total. The number of carbonyl (C=O) groups is 2. The number of cyclic esters (lactones) is 2. The number of carbonyl (C=O) groups excluding carboxylic acids is 2. The van der Waals surface area contributed by atoms with Gasteiger partial charge in [-0.2, -0.15) is 0 Å². The zero-order chi connectivity index (χ0) is 10.4. The Morgan fingerprint density at radius 3 is 1.80 bits per heavy atom. The van der Waals surface area contributed by atoms with Crippen molar-refractivity contribution in [2.45, 2.75) is 0 Å². The van der Waals surface area contributed by atoms with Gasteiger partial charge in [0.25, 0.3) is 0 Å². The molecule has 72 valence electrons. The van der Waals surface area contributed by atoms with E-state index in [9.17, 15) is 9.59 Å². The zero-order valence-electron chi connectivity index (χ0n) is 7.69. The van der Waals surface area contributed by atoms with E-state index in [-0.39, 0.29) is 0 Å². The van der Waals surface area contributed by atoms with Crippen LogP contribution in [0.15, 0.2) is 36.4 Å². The number of rotatable bonds is 0. The molecule has 15 heavy (non-hydrogen) atoms. The van der Waals surface area contributed by atoms with Crippen molar-refractivity contribution in [1.82, 2.24) is 0 Å². The molecule has 3 heteroatoms. The van der Waals surface area contributed by atoms with Gasteiger partial charge in [0.15, 0.2) is 0 Å². The quantitative estimate of drug-likeness (QED) is 0.481. The van der Waals surface area contributed by atoms with Crippen LogP contribution in [0, 0.1) is 0 Å². The van der Waals surface area contributed by atoms with Crippen molar-refractivity contribution in [3.05, 3.63) is 47.5 Å². The Balaban J connectivity index is 2.45. The molecular formula is C12H6O3. The van der Waals surface area contributed by atoms with Crippen LogP contribution in [-0.4, -0.2) is 11.9 Å². The van der Waals surface area contributed by atoms with Gasteiger partial charge in [0, 0.05) is 0 Å². The van der Waals surface area contributed by atoms with E-state index in [1.807, 2.05) is 12.1 Å². The van der Waals surface area contributed by atoms with E-state index >= 15 is 0 Å². The van der Waals surface area contributed by atoms with Gasteiger partial charge >= 0.3 is 11.9 Å². The summed E-state index contributed by atoms with van der Waals surface area (Å²) in [6.07, 6.45) is 0. The Kier molecular flexibility index (Phi) is 1.45. The zero-order valence-corrected chi connectivity index (χ0v) is 7.69. The third kappa shape index (κ3) is 1.13. The van der Waals surface area contributed by atoms with Crippen LogP contribution in [0.5, 0.6) is 0 Å². The Hall–Kier alpha value is -2.16. The highest BCUT2D eigenvalue weighted by molar-refractivity contribution is 6.07. The SMILES string of the molecule is O=C1OC(=O)c2ccc3ccc1cc3c2. The van der Waals surface area contributed by atoms with Crippen molar-refractivity contribution in [3.8, 4) is 0 Å². The van der Waals surface area contributed by atoms with Gasteiger partial charge in [-0.25, -0.2) is 9.59 Å². The molecule has 1 heterocycles. The predicted octanol–water partition coefficient (Wildman–Crippen LogP) is 2.15. The van der Waals surface area contributed by atoms with Crippen molar-refractivity contribution >= 4 is 22.7 Å². The van der Waals surface area contributed by atoms with Gasteiger partial charge in [0.1, 0.15) is 0 Å². The third-order valence-electron chi connectivity index (χ3n) is 2.50. The lowest BCUT2D eigenvalue weighted by molar-refractivity contribution is 0.0397. The standard InChI is InChI=1S/C12H6O3/c13-11-8-3-1-7-2-4-9(12(14)15-11)6-10(7)5-8/h1-6H. The highest BCUT2D eigenvalue weighted by Crippen LogP contribution is 2.21. The molecule has 0 radical (unpaired) electrons. The fraction of sp³-hybridized carbons (Fsp3) is 0. The second kappa shape index (κ2) is 2.67. The number of fused-ring (bicyclic) bond motifs is 2. The van der Waals surface area contributed by atoms with Gasteiger partial charge in [0.05, 0.1) is 11.1 Å². The molecule has 1 aliphatic rings. The van der Waals surface area contributed by atoms with E-state index in [4.69, 9.17) is 0 Å². The third-order valence-corrected chi connectivity index (χ3v) is 2.50. The maximum atomic E-state index is 11.4. The molecule has 0 fully saturated rings. The smallest absolute Gasteiger partial charge is 0.346 e. The van der Waals surface area contributed by atoms with Crippen molar-refractivity contribution in [2.75, 3.05) is 0 Å². The number of hydrogen-bond acceptors (Lipinski definition) is 3. The summed E-state index contributed by atoms with van der Waals surface area (Å²) >= 11 is 0. The first kappa shape index (κ1) is 8.17. The van der Waals surface area contributed by atoms with E-state index in [1.54, 1.807) is 24.3 Å². The van der Waals surface area contributed by atoms with Gasteiger partial charge < -0.3 is 4.74 Å². The molecule has 2 aromatic rings. The second-order valence-electron chi connectivity index (χ2n) is 3.45. The highest BCUT2D eigenvalue weighted by atomic mass is 16.6. The first-order valence-electron chi connectivity index (χ1n) is 4.54. The van der Waals surface area contributed by atoms with Crippen LogP contribution in [0.1, 0.15) is 20.7 Å². The fourth-order valence-electron chi connectivity index (χ4n) is 1.70. The molecule has 0 unspecified atom stereocenters. The van der Waals surface area contributed by atoms with Crippen LogP contribution < -0.4 is 0 Å². The first-order chi connectivity index (χ1) is 7.24. The molecule has 3 rings (SSSR count). The van der Waals surface area contributed by atoms with Crippen LogP contribution in [-0.2, 0) is 4.74 Å². The topological polar surface area (TPSA) is 43.4 Å².